The fraction of sp³-hybridized carbons (Fsp3) is 0.273. The number of nitrogens with one attached hydrogen (secondary N) is 2. The van der Waals surface area contributed by atoms with E-state index in [9.17, 15) is 8.42 Å². The molecule has 0 amide bonds. The molecule has 4 rings (SSSR count). The minimum Gasteiger partial charge on any atom is -0.338 e. The van der Waals surface area contributed by atoms with Crippen LogP contribution in [0.2, 0.25) is 0 Å². The molecule has 8 heteroatoms. The van der Waals surface area contributed by atoms with E-state index in [2.05, 4.69) is 25.9 Å². The Morgan fingerprint density at radius 3 is 2.37 bits per heavy atom. The highest BCUT2D eigenvalue weighted by atomic mass is 32.2. The van der Waals surface area contributed by atoms with Crippen molar-refractivity contribution in [3.05, 3.63) is 59.4 Å². The van der Waals surface area contributed by atoms with Crippen LogP contribution in [0.15, 0.2) is 47.4 Å². The molecule has 30 heavy (non-hydrogen) atoms. The van der Waals surface area contributed by atoms with Gasteiger partial charge in [0, 0.05) is 17.3 Å². The number of hydrogen-bond donors (Lipinski definition) is 2. The largest absolute Gasteiger partial charge is 0.338 e. The zero-order valence-corrected chi connectivity index (χ0v) is 18.5. The van der Waals surface area contributed by atoms with E-state index in [1.54, 1.807) is 30.7 Å². The summed E-state index contributed by atoms with van der Waals surface area (Å²) in [5.74, 6) is 0.745. The number of rotatable bonds is 5. The first kappa shape index (κ1) is 20.2. The second-order valence-electron chi connectivity index (χ2n) is 7.83. The third-order valence-corrected chi connectivity index (χ3v) is 6.70. The third-order valence-electron chi connectivity index (χ3n) is 5.06. The van der Waals surface area contributed by atoms with Crippen molar-refractivity contribution in [1.29, 1.82) is 0 Å². The van der Waals surface area contributed by atoms with Gasteiger partial charge in [-0.1, -0.05) is 6.07 Å². The maximum absolute atomic E-state index is 13.0. The summed E-state index contributed by atoms with van der Waals surface area (Å²) < 4.78 is 30.4. The Balaban J connectivity index is 1.61. The SMILES string of the molecule is Cc1ccc2nc(-c3ccc(NS(=O)(=O)c4c(C)nn(C(C)C)c4C)cc3)[nH]c2c1. The van der Waals surface area contributed by atoms with Crippen LogP contribution in [0.3, 0.4) is 0 Å². The van der Waals surface area contributed by atoms with Gasteiger partial charge in [-0.3, -0.25) is 9.40 Å². The molecule has 4 aromatic rings. The first-order valence-corrected chi connectivity index (χ1v) is 11.3. The molecule has 0 saturated carbocycles. The van der Waals surface area contributed by atoms with Crippen LogP contribution in [0.25, 0.3) is 22.4 Å². The Kier molecular flexibility index (Phi) is 4.89. The van der Waals surface area contributed by atoms with Gasteiger partial charge in [-0.15, -0.1) is 0 Å². The molecule has 0 spiro atoms. The molecule has 0 saturated heterocycles. The van der Waals surface area contributed by atoms with Gasteiger partial charge in [0.1, 0.15) is 10.7 Å². The number of nitrogens with zero attached hydrogens (tertiary/aromatic N) is 3. The van der Waals surface area contributed by atoms with E-state index in [1.165, 1.54) is 0 Å². The summed E-state index contributed by atoms with van der Waals surface area (Å²) in [4.78, 5) is 8.16. The zero-order chi connectivity index (χ0) is 21.6. The van der Waals surface area contributed by atoms with E-state index in [4.69, 9.17) is 0 Å². The summed E-state index contributed by atoms with van der Waals surface area (Å²) in [6.45, 7) is 9.48. The fourth-order valence-corrected chi connectivity index (χ4v) is 5.16. The van der Waals surface area contributed by atoms with E-state index in [-0.39, 0.29) is 10.9 Å². The minimum absolute atomic E-state index is 0.0829. The van der Waals surface area contributed by atoms with E-state index < -0.39 is 10.0 Å². The third kappa shape index (κ3) is 3.59. The van der Waals surface area contributed by atoms with Crippen molar-refractivity contribution < 1.29 is 8.42 Å². The number of H-pyrrole nitrogens is 1. The molecule has 0 atom stereocenters. The molecule has 0 bridgehead atoms. The monoisotopic (exact) mass is 423 g/mol. The molecule has 0 fully saturated rings. The molecule has 2 N–H and O–H groups in total. The highest BCUT2D eigenvalue weighted by Crippen LogP contribution is 2.26. The lowest BCUT2D eigenvalue weighted by Gasteiger charge is -2.11. The van der Waals surface area contributed by atoms with Crippen molar-refractivity contribution >= 4 is 26.7 Å². The van der Waals surface area contributed by atoms with Gasteiger partial charge in [-0.25, -0.2) is 13.4 Å². The van der Waals surface area contributed by atoms with Crippen LogP contribution < -0.4 is 4.72 Å². The van der Waals surface area contributed by atoms with Gasteiger partial charge in [0.2, 0.25) is 0 Å². The topological polar surface area (TPSA) is 92.7 Å². The Labute approximate surface area is 176 Å². The van der Waals surface area contributed by atoms with Crippen molar-refractivity contribution in [2.75, 3.05) is 4.72 Å². The first-order chi connectivity index (χ1) is 14.2. The predicted molar refractivity (Wildman–Crippen MR) is 119 cm³/mol. The molecular formula is C22H25N5O2S. The minimum atomic E-state index is -3.75. The molecule has 0 aliphatic carbocycles. The lowest BCUT2D eigenvalue weighted by Crippen LogP contribution is -2.15. The predicted octanol–water partition coefficient (Wildman–Crippen LogP) is 4.73. The molecule has 0 aliphatic rings. The van der Waals surface area contributed by atoms with Crippen LogP contribution in [-0.2, 0) is 10.0 Å². The van der Waals surface area contributed by atoms with Crippen LogP contribution in [-0.4, -0.2) is 28.2 Å². The van der Waals surface area contributed by atoms with Gasteiger partial charge in [0.15, 0.2) is 0 Å². The van der Waals surface area contributed by atoms with Gasteiger partial charge >= 0.3 is 0 Å². The van der Waals surface area contributed by atoms with Gasteiger partial charge in [-0.05, 0) is 76.6 Å². The van der Waals surface area contributed by atoms with Crippen molar-refractivity contribution in [2.45, 2.75) is 45.6 Å². The molecule has 0 radical (unpaired) electrons. The fourth-order valence-electron chi connectivity index (χ4n) is 3.70. The Morgan fingerprint density at radius 2 is 1.73 bits per heavy atom. The van der Waals surface area contributed by atoms with E-state index in [1.807, 2.05) is 45.0 Å². The number of fused-ring (bicyclic) bond motifs is 1. The normalized spacial score (nSPS) is 12.1. The standard InChI is InChI=1S/C22H25N5O2S/c1-13(2)27-16(5)21(15(4)25-27)30(28,29)26-18-9-7-17(8-10-18)22-23-19-11-6-14(3)12-20(19)24-22/h6-13,26H,1-5H3,(H,23,24). The number of aromatic amines is 1. The molecule has 2 aromatic carbocycles. The van der Waals surface area contributed by atoms with Gasteiger partial charge in [0.25, 0.3) is 10.0 Å². The van der Waals surface area contributed by atoms with Gasteiger partial charge < -0.3 is 4.98 Å². The lowest BCUT2D eigenvalue weighted by molar-refractivity contribution is 0.514. The summed E-state index contributed by atoms with van der Waals surface area (Å²) in [5.41, 5.74) is 5.52. The number of aromatic nitrogens is 4. The van der Waals surface area contributed by atoms with Crippen molar-refractivity contribution in [3.63, 3.8) is 0 Å². The van der Waals surface area contributed by atoms with Crippen LogP contribution in [0.5, 0.6) is 0 Å². The van der Waals surface area contributed by atoms with Crippen LogP contribution in [0.4, 0.5) is 5.69 Å². The van der Waals surface area contributed by atoms with E-state index in [0.717, 1.165) is 28.0 Å². The Bertz CT molecular complexity index is 1330. The molecule has 0 aliphatic heterocycles. The molecule has 2 aromatic heterocycles. The average Bonchev–Trinajstić information content (AvgIpc) is 3.22. The summed E-state index contributed by atoms with van der Waals surface area (Å²) in [5, 5.41) is 4.38. The van der Waals surface area contributed by atoms with Crippen molar-refractivity contribution in [2.24, 2.45) is 0 Å². The zero-order valence-electron chi connectivity index (χ0n) is 17.7. The highest BCUT2D eigenvalue weighted by molar-refractivity contribution is 7.92. The van der Waals surface area contributed by atoms with Gasteiger partial charge in [0.05, 0.1) is 22.4 Å². The summed E-state index contributed by atoms with van der Waals surface area (Å²) in [7, 11) is -3.75. The summed E-state index contributed by atoms with van der Waals surface area (Å²) in [6, 6.07) is 13.3. The average molecular weight is 424 g/mol. The second kappa shape index (κ2) is 7.28. The van der Waals surface area contributed by atoms with E-state index in [0.29, 0.717) is 17.1 Å². The number of hydrogen-bond acceptors (Lipinski definition) is 4. The van der Waals surface area contributed by atoms with Crippen LogP contribution in [0.1, 0.15) is 36.8 Å². The lowest BCUT2D eigenvalue weighted by atomic mass is 10.2. The van der Waals surface area contributed by atoms with Crippen molar-refractivity contribution in [3.8, 4) is 11.4 Å². The maximum atomic E-state index is 13.0. The number of benzene rings is 2. The number of aryl methyl sites for hydroxylation is 2. The summed E-state index contributed by atoms with van der Waals surface area (Å²) in [6.07, 6.45) is 0. The quantitative estimate of drug-likeness (QED) is 0.485. The molecule has 2 heterocycles. The maximum Gasteiger partial charge on any atom is 0.265 e. The number of sulfonamides is 1. The number of anilines is 1. The Morgan fingerprint density at radius 1 is 1.03 bits per heavy atom. The molecule has 0 unspecified atom stereocenters. The first-order valence-electron chi connectivity index (χ1n) is 9.81. The molecule has 7 nitrogen and oxygen atoms in total. The van der Waals surface area contributed by atoms with Crippen molar-refractivity contribution in [1.82, 2.24) is 19.7 Å². The highest BCUT2D eigenvalue weighted by Gasteiger charge is 2.25. The van der Waals surface area contributed by atoms with Crippen LogP contribution in [0, 0.1) is 20.8 Å². The smallest absolute Gasteiger partial charge is 0.265 e. The summed E-state index contributed by atoms with van der Waals surface area (Å²) >= 11 is 0. The number of imidazole rings is 1. The van der Waals surface area contributed by atoms with Crippen LogP contribution >= 0.6 is 0 Å². The molecule has 156 valence electrons. The molecular weight excluding hydrogens is 398 g/mol. The second-order valence-corrected chi connectivity index (χ2v) is 9.45. The van der Waals surface area contributed by atoms with Gasteiger partial charge in [-0.2, -0.15) is 5.10 Å². The Hall–Kier alpha value is -3.13. The van der Waals surface area contributed by atoms with E-state index >= 15 is 0 Å².